The summed E-state index contributed by atoms with van der Waals surface area (Å²) >= 11 is 3.32. The summed E-state index contributed by atoms with van der Waals surface area (Å²) in [6, 6.07) is 13.8. The summed E-state index contributed by atoms with van der Waals surface area (Å²) in [5.74, 6) is -0.0553. The molecule has 4 nitrogen and oxygen atoms in total. The quantitative estimate of drug-likeness (QED) is 0.654. The molecule has 0 saturated carbocycles. The van der Waals surface area contributed by atoms with E-state index in [0.29, 0.717) is 12.0 Å². The van der Waals surface area contributed by atoms with Gasteiger partial charge in [0.1, 0.15) is 5.75 Å². The van der Waals surface area contributed by atoms with Crippen LogP contribution in [0.4, 0.5) is 0 Å². The van der Waals surface area contributed by atoms with Crippen LogP contribution in [0.2, 0.25) is 0 Å². The van der Waals surface area contributed by atoms with E-state index in [1.54, 1.807) is 48.5 Å². The summed E-state index contributed by atoms with van der Waals surface area (Å²) in [6.45, 7) is 1.96. The molecule has 0 aliphatic rings. The zero-order valence-corrected chi connectivity index (χ0v) is 13.1. The van der Waals surface area contributed by atoms with Crippen molar-refractivity contribution in [3.05, 3.63) is 64.1 Å². The van der Waals surface area contributed by atoms with Crippen LogP contribution in [0.15, 0.2) is 58.1 Å². The van der Waals surface area contributed by atoms with Crippen LogP contribution in [0, 0.1) is 0 Å². The van der Waals surface area contributed by atoms with Gasteiger partial charge >= 0.3 is 0 Å². The molecule has 2 aromatic rings. The lowest BCUT2D eigenvalue weighted by Gasteiger charge is -2.05. The molecule has 0 atom stereocenters. The van der Waals surface area contributed by atoms with Crippen molar-refractivity contribution in [3.8, 4) is 5.75 Å². The van der Waals surface area contributed by atoms with Crippen molar-refractivity contribution in [3.63, 3.8) is 0 Å². The van der Waals surface area contributed by atoms with Gasteiger partial charge in [0.2, 0.25) is 0 Å². The van der Waals surface area contributed by atoms with E-state index < -0.39 is 0 Å². The summed E-state index contributed by atoms with van der Waals surface area (Å²) in [7, 11) is 0. The Morgan fingerprint density at radius 2 is 1.67 bits per heavy atom. The molecule has 0 radical (unpaired) electrons. The fourth-order valence-electron chi connectivity index (χ4n) is 1.79. The van der Waals surface area contributed by atoms with Crippen molar-refractivity contribution in [1.82, 2.24) is 5.43 Å². The number of hydrogen-bond acceptors (Lipinski definition) is 3. The number of amides is 1. The zero-order valence-electron chi connectivity index (χ0n) is 11.5. The Labute approximate surface area is 131 Å². The SMILES string of the molecule is CCC(=NNC(=O)c1ccc(Br)cc1)c1ccc(O)cc1. The smallest absolute Gasteiger partial charge is 0.271 e. The minimum absolute atomic E-state index is 0.202. The number of hydrogen-bond donors (Lipinski definition) is 2. The monoisotopic (exact) mass is 346 g/mol. The van der Waals surface area contributed by atoms with Gasteiger partial charge in [-0.2, -0.15) is 5.10 Å². The van der Waals surface area contributed by atoms with Crippen LogP contribution in [0.1, 0.15) is 29.3 Å². The van der Waals surface area contributed by atoms with Crippen LogP contribution < -0.4 is 5.43 Å². The molecule has 21 heavy (non-hydrogen) atoms. The fourth-order valence-corrected chi connectivity index (χ4v) is 2.05. The minimum atomic E-state index is -0.257. The average Bonchev–Trinajstić information content (AvgIpc) is 2.50. The Hall–Kier alpha value is -2.14. The molecule has 0 saturated heterocycles. The Morgan fingerprint density at radius 1 is 1.10 bits per heavy atom. The van der Waals surface area contributed by atoms with Crippen LogP contribution in [0.3, 0.4) is 0 Å². The molecule has 2 N–H and O–H groups in total. The molecule has 2 rings (SSSR count). The number of phenols is 1. The Morgan fingerprint density at radius 3 is 2.24 bits per heavy atom. The van der Waals surface area contributed by atoms with Gasteiger partial charge in [-0.1, -0.05) is 22.9 Å². The van der Waals surface area contributed by atoms with Crippen LogP contribution in [-0.4, -0.2) is 16.7 Å². The summed E-state index contributed by atoms with van der Waals surface area (Å²) in [5.41, 5.74) is 4.72. The van der Waals surface area contributed by atoms with E-state index in [1.165, 1.54) is 0 Å². The minimum Gasteiger partial charge on any atom is -0.508 e. The van der Waals surface area contributed by atoms with Gasteiger partial charge in [-0.25, -0.2) is 5.43 Å². The van der Waals surface area contributed by atoms with E-state index in [-0.39, 0.29) is 11.7 Å². The summed E-state index contributed by atoms with van der Waals surface area (Å²) < 4.78 is 0.917. The second kappa shape index (κ2) is 7.04. The third-order valence-corrected chi connectivity index (χ3v) is 3.46. The number of rotatable bonds is 4. The van der Waals surface area contributed by atoms with Crippen molar-refractivity contribution in [1.29, 1.82) is 0 Å². The van der Waals surface area contributed by atoms with E-state index in [0.717, 1.165) is 15.7 Å². The number of carbonyl (C=O) groups excluding carboxylic acids is 1. The molecule has 0 spiro atoms. The highest BCUT2D eigenvalue weighted by molar-refractivity contribution is 9.10. The van der Waals surface area contributed by atoms with Crippen LogP contribution in [0.5, 0.6) is 5.75 Å². The van der Waals surface area contributed by atoms with Gasteiger partial charge < -0.3 is 5.11 Å². The lowest BCUT2D eigenvalue weighted by atomic mass is 10.1. The maximum atomic E-state index is 12.0. The predicted octanol–water partition coefficient (Wildman–Crippen LogP) is 3.70. The van der Waals surface area contributed by atoms with E-state index in [2.05, 4.69) is 26.5 Å². The Balaban J connectivity index is 2.12. The van der Waals surface area contributed by atoms with Crippen molar-refractivity contribution in [2.24, 2.45) is 5.10 Å². The number of carbonyl (C=O) groups is 1. The van der Waals surface area contributed by atoms with Crippen LogP contribution >= 0.6 is 15.9 Å². The van der Waals surface area contributed by atoms with Gasteiger partial charge in [0, 0.05) is 10.0 Å². The van der Waals surface area contributed by atoms with Gasteiger partial charge in [-0.05, 0) is 60.5 Å². The number of aromatic hydroxyl groups is 1. The summed E-state index contributed by atoms with van der Waals surface area (Å²) in [6.07, 6.45) is 0.672. The molecular formula is C16H15BrN2O2. The number of nitrogens with one attached hydrogen (secondary N) is 1. The Kier molecular flexibility index (Phi) is 5.11. The fraction of sp³-hybridized carbons (Fsp3) is 0.125. The van der Waals surface area contributed by atoms with E-state index >= 15 is 0 Å². The molecule has 0 heterocycles. The highest BCUT2D eigenvalue weighted by Gasteiger charge is 2.06. The number of phenolic OH excluding ortho intramolecular Hbond substituents is 1. The molecule has 1 amide bonds. The maximum absolute atomic E-state index is 12.0. The Bertz CT molecular complexity index is 649. The van der Waals surface area contributed by atoms with Crippen molar-refractivity contribution < 1.29 is 9.90 Å². The first kappa shape index (κ1) is 15.3. The highest BCUT2D eigenvalue weighted by Crippen LogP contribution is 2.12. The van der Waals surface area contributed by atoms with Gasteiger partial charge in [-0.3, -0.25) is 4.79 Å². The first-order chi connectivity index (χ1) is 10.1. The molecule has 0 fully saturated rings. The summed E-state index contributed by atoms with van der Waals surface area (Å²) in [5, 5.41) is 13.5. The number of nitrogens with zero attached hydrogens (tertiary/aromatic N) is 1. The van der Waals surface area contributed by atoms with Crippen molar-refractivity contribution in [2.75, 3.05) is 0 Å². The van der Waals surface area contributed by atoms with Gasteiger partial charge in [0.25, 0.3) is 5.91 Å². The molecule has 5 heteroatoms. The first-order valence-electron chi connectivity index (χ1n) is 6.52. The lowest BCUT2D eigenvalue weighted by Crippen LogP contribution is -2.19. The summed E-state index contributed by atoms with van der Waals surface area (Å²) in [4.78, 5) is 12.0. The molecule has 0 aliphatic heterocycles. The third kappa shape index (κ3) is 4.16. The van der Waals surface area contributed by atoms with Crippen molar-refractivity contribution >= 4 is 27.5 Å². The molecule has 0 bridgehead atoms. The van der Waals surface area contributed by atoms with Gasteiger partial charge in [-0.15, -0.1) is 0 Å². The molecule has 0 aromatic heterocycles. The normalized spacial score (nSPS) is 11.2. The molecular weight excluding hydrogens is 332 g/mol. The molecule has 2 aromatic carbocycles. The predicted molar refractivity (Wildman–Crippen MR) is 86.5 cm³/mol. The second-order valence-electron chi connectivity index (χ2n) is 4.41. The van der Waals surface area contributed by atoms with Crippen molar-refractivity contribution in [2.45, 2.75) is 13.3 Å². The highest BCUT2D eigenvalue weighted by atomic mass is 79.9. The van der Waals surface area contributed by atoms with E-state index in [4.69, 9.17) is 0 Å². The van der Waals surface area contributed by atoms with Crippen LogP contribution in [-0.2, 0) is 0 Å². The largest absolute Gasteiger partial charge is 0.508 e. The van der Waals surface area contributed by atoms with Gasteiger partial charge in [0.15, 0.2) is 0 Å². The first-order valence-corrected chi connectivity index (χ1v) is 7.31. The van der Waals surface area contributed by atoms with Crippen LogP contribution in [0.25, 0.3) is 0 Å². The molecule has 0 aliphatic carbocycles. The van der Waals surface area contributed by atoms with E-state index in [1.807, 2.05) is 6.92 Å². The van der Waals surface area contributed by atoms with E-state index in [9.17, 15) is 9.90 Å². The number of hydrazone groups is 1. The number of halogens is 1. The number of benzene rings is 2. The third-order valence-electron chi connectivity index (χ3n) is 2.93. The molecule has 108 valence electrons. The maximum Gasteiger partial charge on any atom is 0.271 e. The molecule has 0 unspecified atom stereocenters. The van der Waals surface area contributed by atoms with Gasteiger partial charge in [0.05, 0.1) is 5.71 Å². The zero-order chi connectivity index (χ0) is 15.2. The topological polar surface area (TPSA) is 61.7 Å². The second-order valence-corrected chi connectivity index (χ2v) is 5.32. The standard InChI is InChI=1S/C16H15BrN2O2/c1-2-15(11-5-9-14(20)10-6-11)18-19-16(21)12-3-7-13(17)8-4-12/h3-10,20H,2H2,1H3,(H,19,21). The average molecular weight is 347 g/mol. The lowest BCUT2D eigenvalue weighted by molar-refractivity contribution is 0.0955.